The van der Waals surface area contributed by atoms with Crippen molar-refractivity contribution in [1.82, 2.24) is 5.32 Å². The van der Waals surface area contributed by atoms with Gasteiger partial charge in [-0.15, -0.1) is 11.8 Å². The molecular formula is C22H23NS. The van der Waals surface area contributed by atoms with Gasteiger partial charge in [-0.05, 0) is 16.7 Å². The van der Waals surface area contributed by atoms with E-state index in [4.69, 9.17) is 0 Å². The third-order valence-electron chi connectivity index (χ3n) is 3.94. The van der Waals surface area contributed by atoms with Crippen molar-refractivity contribution in [3.05, 3.63) is 108 Å². The van der Waals surface area contributed by atoms with Crippen LogP contribution in [0.5, 0.6) is 0 Å². The van der Waals surface area contributed by atoms with Crippen molar-refractivity contribution in [2.45, 2.75) is 11.8 Å². The highest BCUT2D eigenvalue weighted by Gasteiger charge is 2.13. The quantitative estimate of drug-likeness (QED) is 0.561. The van der Waals surface area contributed by atoms with Crippen LogP contribution < -0.4 is 5.32 Å². The van der Waals surface area contributed by atoms with E-state index in [-0.39, 0.29) is 0 Å². The van der Waals surface area contributed by atoms with Crippen molar-refractivity contribution < 1.29 is 0 Å². The summed E-state index contributed by atoms with van der Waals surface area (Å²) >= 11 is 2.00. The Kier molecular flexibility index (Phi) is 6.52. The molecule has 0 heterocycles. The van der Waals surface area contributed by atoms with E-state index >= 15 is 0 Å². The van der Waals surface area contributed by atoms with Crippen LogP contribution in [0.1, 0.15) is 21.9 Å². The van der Waals surface area contributed by atoms with Crippen LogP contribution in [-0.4, -0.2) is 12.3 Å². The first-order chi connectivity index (χ1) is 11.9. The van der Waals surface area contributed by atoms with Gasteiger partial charge in [-0.1, -0.05) is 91.0 Å². The summed E-state index contributed by atoms with van der Waals surface area (Å²) in [4.78, 5) is 0. The molecule has 0 radical (unpaired) electrons. The van der Waals surface area contributed by atoms with Gasteiger partial charge in [0.1, 0.15) is 0 Å². The lowest BCUT2D eigenvalue weighted by Gasteiger charge is -2.18. The van der Waals surface area contributed by atoms with Crippen molar-refractivity contribution in [2.24, 2.45) is 0 Å². The first-order valence-electron chi connectivity index (χ1n) is 8.39. The molecule has 1 N–H and O–H groups in total. The highest BCUT2D eigenvalue weighted by Crippen LogP contribution is 2.35. The minimum atomic E-state index is 0.394. The van der Waals surface area contributed by atoms with Gasteiger partial charge in [-0.2, -0.15) is 0 Å². The van der Waals surface area contributed by atoms with Crippen LogP contribution in [0.15, 0.2) is 91.0 Å². The van der Waals surface area contributed by atoms with Crippen molar-refractivity contribution in [3.8, 4) is 0 Å². The molecular weight excluding hydrogens is 310 g/mol. The molecule has 0 spiro atoms. The molecule has 3 rings (SSSR count). The van der Waals surface area contributed by atoms with E-state index in [9.17, 15) is 0 Å². The number of hydrogen-bond donors (Lipinski definition) is 1. The van der Waals surface area contributed by atoms with Gasteiger partial charge in [0.2, 0.25) is 0 Å². The standard InChI is InChI=1S/C22H23NS/c1-4-10-19(11-5-1)18-23-16-17-24-22(20-12-6-2-7-13-20)21-14-8-3-9-15-21/h1-15,22-23H,16-18H2. The molecule has 3 aromatic rings. The SMILES string of the molecule is c1ccc(CNCCSC(c2ccccc2)c2ccccc2)cc1. The van der Waals surface area contributed by atoms with Gasteiger partial charge in [0.15, 0.2) is 0 Å². The predicted molar refractivity (Wildman–Crippen MR) is 105 cm³/mol. The molecule has 2 heteroatoms. The van der Waals surface area contributed by atoms with E-state index in [0.29, 0.717) is 5.25 Å². The van der Waals surface area contributed by atoms with E-state index in [1.807, 2.05) is 11.8 Å². The van der Waals surface area contributed by atoms with Gasteiger partial charge >= 0.3 is 0 Å². The minimum absolute atomic E-state index is 0.394. The molecule has 0 fully saturated rings. The normalized spacial score (nSPS) is 10.9. The van der Waals surface area contributed by atoms with E-state index in [1.165, 1.54) is 16.7 Å². The Morgan fingerprint density at radius 1 is 0.667 bits per heavy atom. The summed E-state index contributed by atoms with van der Waals surface area (Å²) in [6, 6.07) is 32.1. The number of rotatable bonds is 8. The maximum absolute atomic E-state index is 3.54. The molecule has 0 atom stereocenters. The average molecular weight is 334 g/mol. The molecule has 0 saturated heterocycles. The van der Waals surface area contributed by atoms with Gasteiger partial charge in [-0.25, -0.2) is 0 Å². The van der Waals surface area contributed by atoms with Gasteiger partial charge < -0.3 is 5.32 Å². The second kappa shape index (κ2) is 9.31. The Hall–Kier alpha value is -2.03. The molecule has 0 amide bonds. The summed E-state index contributed by atoms with van der Waals surface area (Å²) in [5.41, 5.74) is 4.08. The van der Waals surface area contributed by atoms with Crippen LogP contribution in [0, 0.1) is 0 Å². The lowest BCUT2D eigenvalue weighted by atomic mass is 10.0. The van der Waals surface area contributed by atoms with Crippen LogP contribution in [0.3, 0.4) is 0 Å². The first-order valence-corrected chi connectivity index (χ1v) is 9.44. The third-order valence-corrected chi connectivity index (χ3v) is 5.26. The average Bonchev–Trinajstić information content (AvgIpc) is 2.67. The molecule has 0 saturated carbocycles. The van der Waals surface area contributed by atoms with Gasteiger partial charge in [-0.3, -0.25) is 0 Å². The Morgan fingerprint density at radius 2 is 1.17 bits per heavy atom. The predicted octanol–water partition coefficient (Wildman–Crippen LogP) is 5.30. The van der Waals surface area contributed by atoms with Gasteiger partial charge in [0, 0.05) is 18.8 Å². The minimum Gasteiger partial charge on any atom is -0.312 e. The van der Waals surface area contributed by atoms with Crippen LogP contribution in [-0.2, 0) is 6.54 Å². The molecule has 0 bridgehead atoms. The zero-order chi connectivity index (χ0) is 16.5. The maximum atomic E-state index is 3.54. The van der Waals surface area contributed by atoms with Crippen LogP contribution in [0.2, 0.25) is 0 Å². The Labute approximate surface area is 149 Å². The molecule has 0 aliphatic carbocycles. The van der Waals surface area contributed by atoms with Crippen molar-refractivity contribution >= 4 is 11.8 Å². The fourth-order valence-corrected chi connectivity index (χ4v) is 3.92. The third kappa shape index (κ3) is 4.98. The van der Waals surface area contributed by atoms with Crippen molar-refractivity contribution in [3.63, 3.8) is 0 Å². The number of thioether (sulfide) groups is 1. The molecule has 0 aromatic heterocycles. The zero-order valence-corrected chi connectivity index (χ0v) is 14.6. The van der Waals surface area contributed by atoms with Gasteiger partial charge in [0.25, 0.3) is 0 Å². The smallest absolute Gasteiger partial charge is 0.0547 e. The van der Waals surface area contributed by atoms with Crippen LogP contribution in [0.25, 0.3) is 0 Å². The number of benzene rings is 3. The zero-order valence-electron chi connectivity index (χ0n) is 13.8. The molecule has 122 valence electrons. The second-order valence-corrected chi connectivity index (χ2v) is 6.95. The lowest BCUT2D eigenvalue weighted by Crippen LogP contribution is -2.17. The lowest BCUT2D eigenvalue weighted by molar-refractivity contribution is 0.731. The largest absolute Gasteiger partial charge is 0.312 e. The molecule has 0 aliphatic heterocycles. The topological polar surface area (TPSA) is 12.0 Å². The number of nitrogens with one attached hydrogen (secondary N) is 1. The van der Waals surface area contributed by atoms with E-state index < -0.39 is 0 Å². The second-order valence-electron chi connectivity index (χ2n) is 5.73. The summed E-state index contributed by atoms with van der Waals surface area (Å²) in [7, 11) is 0. The summed E-state index contributed by atoms with van der Waals surface area (Å²) in [6.07, 6.45) is 0. The first kappa shape index (κ1) is 16.8. The Bertz CT molecular complexity index is 658. The van der Waals surface area contributed by atoms with Crippen molar-refractivity contribution in [2.75, 3.05) is 12.3 Å². The van der Waals surface area contributed by atoms with E-state index in [0.717, 1.165) is 18.8 Å². The van der Waals surface area contributed by atoms with Crippen molar-refractivity contribution in [1.29, 1.82) is 0 Å². The highest BCUT2D eigenvalue weighted by atomic mass is 32.2. The van der Waals surface area contributed by atoms with Crippen LogP contribution in [0.4, 0.5) is 0 Å². The molecule has 1 nitrogen and oxygen atoms in total. The summed E-state index contributed by atoms with van der Waals surface area (Å²) in [5.74, 6) is 1.08. The Morgan fingerprint density at radius 3 is 1.71 bits per heavy atom. The summed E-state index contributed by atoms with van der Waals surface area (Å²) in [5, 5.41) is 3.93. The number of hydrogen-bond acceptors (Lipinski definition) is 2. The van der Waals surface area contributed by atoms with Gasteiger partial charge in [0.05, 0.1) is 5.25 Å². The van der Waals surface area contributed by atoms with E-state index in [2.05, 4.69) is 96.3 Å². The summed E-state index contributed by atoms with van der Waals surface area (Å²) < 4.78 is 0. The molecule has 24 heavy (non-hydrogen) atoms. The van der Waals surface area contributed by atoms with E-state index in [1.54, 1.807) is 0 Å². The monoisotopic (exact) mass is 333 g/mol. The fraction of sp³-hybridized carbons (Fsp3) is 0.182. The molecule has 0 aliphatic rings. The summed E-state index contributed by atoms with van der Waals surface area (Å²) in [6.45, 7) is 1.94. The Balaban J connectivity index is 1.55. The highest BCUT2D eigenvalue weighted by molar-refractivity contribution is 7.99. The fourth-order valence-electron chi connectivity index (χ4n) is 2.72. The molecule has 0 unspecified atom stereocenters. The molecule has 3 aromatic carbocycles. The van der Waals surface area contributed by atoms with Crippen LogP contribution >= 0.6 is 11.8 Å². The maximum Gasteiger partial charge on any atom is 0.0547 e.